The molecule has 0 spiro atoms. The molecule has 0 aliphatic heterocycles. The number of nitrogens with one attached hydrogen (secondary N) is 2. The quantitative estimate of drug-likeness (QED) is 0.876. The molecule has 2 aromatic rings. The number of carbonyl (C=O) groups excluding carboxylic acids is 1. The van der Waals surface area contributed by atoms with Gasteiger partial charge >= 0.3 is 0 Å². The van der Waals surface area contributed by atoms with Crippen molar-refractivity contribution in [1.82, 2.24) is 10.3 Å². The van der Waals surface area contributed by atoms with Gasteiger partial charge in [-0.2, -0.15) is 0 Å². The van der Waals surface area contributed by atoms with Crippen LogP contribution >= 0.6 is 0 Å². The summed E-state index contributed by atoms with van der Waals surface area (Å²) in [7, 11) is 0. The lowest BCUT2D eigenvalue weighted by atomic mass is 10.0. The Balaban J connectivity index is 1.60. The number of hydrogen-bond donors (Lipinski definition) is 2. The molecule has 20 heavy (non-hydrogen) atoms. The first-order valence-corrected chi connectivity index (χ1v) is 7.19. The molecule has 0 saturated heterocycles. The summed E-state index contributed by atoms with van der Waals surface area (Å²) in [5.74, 6) is 1.02. The van der Waals surface area contributed by atoms with Gasteiger partial charge in [0.1, 0.15) is 5.69 Å². The Morgan fingerprint density at radius 2 is 2.00 bits per heavy atom. The highest BCUT2D eigenvalue weighted by atomic mass is 16.2. The van der Waals surface area contributed by atoms with Crippen molar-refractivity contribution in [3.8, 4) is 0 Å². The van der Waals surface area contributed by atoms with Gasteiger partial charge in [0, 0.05) is 18.2 Å². The maximum absolute atomic E-state index is 11.9. The van der Waals surface area contributed by atoms with Gasteiger partial charge in [0.15, 0.2) is 0 Å². The van der Waals surface area contributed by atoms with Crippen molar-refractivity contribution in [2.24, 2.45) is 0 Å². The minimum atomic E-state index is -0.0127. The highest BCUT2D eigenvalue weighted by molar-refractivity contribution is 5.92. The Kier molecular flexibility index (Phi) is 3.35. The van der Waals surface area contributed by atoms with Crippen LogP contribution in [0.5, 0.6) is 0 Å². The number of hydrogen-bond acceptors (Lipinski definition) is 1. The Labute approximate surface area is 119 Å². The van der Waals surface area contributed by atoms with Crippen LogP contribution in [-0.2, 0) is 0 Å². The number of H-pyrrole nitrogens is 1. The zero-order chi connectivity index (χ0) is 14.1. The molecular formula is C17H20N2O. The van der Waals surface area contributed by atoms with Gasteiger partial charge in [-0.1, -0.05) is 38.1 Å². The highest BCUT2D eigenvalue weighted by Gasteiger charge is 2.39. The molecular weight excluding hydrogens is 248 g/mol. The highest BCUT2D eigenvalue weighted by Crippen LogP contribution is 2.41. The predicted octanol–water partition coefficient (Wildman–Crippen LogP) is 3.42. The zero-order valence-electron chi connectivity index (χ0n) is 11.9. The van der Waals surface area contributed by atoms with E-state index in [9.17, 15) is 4.79 Å². The van der Waals surface area contributed by atoms with Gasteiger partial charge in [0.2, 0.25) is 0 Å². The van der Waals surface area contributed by atoms with Gasteiger partial charge in [-0.25, -0.2) is 0 Å². The maximum atomic E-state index is 11.9. The number of benzene rings is 1. The fourth-order valence-corrected chi connectivity index (χ4v) is 2.57. The Morgan fingerprint density at radius 3 is 2.60 bits per heavy atom. The average molecular weight is 268 g/mol. The third kappa shape index (κ3) is 2.62. The van der Waals surface area contributed by atoms with E-state index in [1.165, 1.54) is 11.1 Å². The smallest absolute Gasteiger partial charge is 0.267 e. The lowest BCUT2D eigenvalue weighted by Gasteiger charge is -2.07. The summed E-state index contributed by atoms with van der Waals surface area (Å²) < 4.78 is 0. The van der Waals surface area contributed by atoms with Crippen LogP contribution in [0.15, 0.2) is 42.6 Å². The third-order valence-electron chi connectivity index (χ3n) is 3.98. The first-order chi connectivity index (χ1) is 9.65. The number of aromatic nitrogens is 1. The van der Waals surface area contributed by atoms with Crippen molar-refractivity contribution in [2.45, 2.75) is 38.1 Å². The standard InChI is InChI=1S/C17H20N2O/c1-11(2)12-5-7-13(8-6-12)14-10-16(14)19-17(20)15-4-3-9-18-15/h3-9,11,14,16,18H,10H2,1-2H3,(H,19,20)/t14-,16-/m0/s1. The van der Waals surface area contributed by atoms with E-state index in [0.29, 0.717) is 17.5 Å². The van der Waals surface area contributed by atoms with E-state index in [4.69, 9.17) is 0 Å². The summed E-state index contributed by atoms with van der Waals surface area (Å²) >= 11 is 0. The molecule has 1 amide bonds. The molecule has 3 heteroatoms. The Hall–Kier alpha value is -2.03. The first kappa shape index (κ1) is 13.0. The van der Waals surface area contributed by atoms with E-state index in [0.717, 1.165) is 6.42 Å². The van der Waals surface area contributed by atoms with Gasteiger partial charge in [-0.15, -0.1) is 0 Å². The Morgan fingerprint density at radius 1 is 1.25 bits per heavy atom. The van der Waals surface area contributed by atoms with Crippen LogP contribution in [0.25, 0.3) is 0 Å². The van der Waals surface area contributed by atoms with Crippen LogP contribution in [0.4, 0.5) is 0 Å². The van der Waals surface area contributed by atoms with Crippen molar-refractivity contribution >= 4 is 5.91 Å². The molecule has 1 fully saturated rings. The number of rotatable bonds is 4. The van der Waals surface area contributed by atoms with Crippen LogP contribution < -0.4 is 5.32 Å². The van der Waals surface area contributed by atoms with Gasteiger partial charge in [-0.05, 0) is 35.6 Å². The van der Waals surface area contributed by atoms with E-state index in [1.807, 2.05) is 6.07 Å². The SMILES string of the molecule is CC(C)c1ccc([C@@H]2C[C@@H]2NC(=O)c2ccc[nH]2)cc1. The molecule has 0 unspecified atom stereocenters. The van der Waals surface area contributed by atoms with E-state index in [1.54, 1.807) is 12.3 Å². The summed E-state index contributed by atoms with van der Waals surface area (Å²) in [5, 5.41) is 3.07. The van der Waals surface area contributed by atoms with Crippen LogP contribution in [0.1, 0.15) is 53.7 Å². The number of aromatic amines is 1. The number of amides is 1. The minimum absolute atomic E-state index is 0.0127. The van der Waals surface area contributed by atoms with E-state index >= 15 is 0 Å². The van der Waals surface area contributed by atoms with Crippen molar-refractivity contribution in [1.29, 1.82) is 0 Å². The topological polar surface area (TPSA) is 44.9 Å². The molecule has 0 radical (unpaired) electrons. The van der Waals surface area contributed by atoms with Gasteiger partial charge in [-0.3, -0.25) is 4.79 Å². The second-order valence-corrected chi connectivity index (χ2v) is 5.83. The summed E-state index contributed by atoms with van der Waals surface area (Å²) in [6.07, 6.45) is 2.80. The van der Waals surface area contributed by atoms with E-state index in [2.05, 4.69) is 48.4 Å². The minimum Gasteiger partial charge on any atom is -0.357 e. The van der Waals surface area contributed by atoms with Crippen molar-refractivity contribution < 1.29 is 4.79 Å². The third-order valence-corrected chi connectivity index (χ3v) is 3.98. The van der Waals surface area contributed by atoms with Crippen LogP contribution in [0.3, 0.4) is 0 Å². The van der Waals surface area contributed by atoms with Gasteiger partial charge in [0.25, 0.3) is 5.91 Å². The maximum Gasteiger partial charge on any atom is 0.267 e. The van der Waals surface area contributed by atoms with E-state index < -0.39 is 0 Å². The van der Waals surface area contributed by atoms with Gasteiger partial charge in [0.05, 0.1) is 0 Å². The Bertz CT molecular complexity index is 584. The molecule has 1 saturated carbocycles. The molecule has 1 aromatic heterocycles. The molecule has 3 nitrogen and oxygen atoms in total. The molecule has 3 rings (SSSR count). The molecule has 104 valence electrons. The summed E-state index contributed by atoms with van der Waals surface area (Å²) in [6.45, 7) is 4.40. The molecule has 1 aromatic carbocycles. The van der Waals surface area contributed by atoms with Crippen molar-refractivity contribution in [3.63, 3.8) is 0 Å². The molecule has 2 N–H and O–H groups in total. The fraction of sp³-hybridized carbons (Fsp3) is 0.353. The zero-order valence-corrected chi connectivity index (χ0v) is 11.9. The average Bonchev–Trinajstić information content (AvgIpc) is 2.99. The summed E-state index contributed by atoms with van der Waals surface area (Å²) in [4.78, 5) is 14.9. The van der Waals surface area contributed by atoms with Crippen molar-refractivity contribution in [2.75, 3.05) is 0 Å². The summed E-state index contributed by atoms with van der Waals surface area (Å²) in [5.41, 5.74) is 3.32. The predicted molar refractivity (Wildman–Crippen MR) is 79.9 cm³/mol. The van der Waals surface area contributed by atoms with Crippen molar-refractivity contribution in [3.05, 3.63) is 59.4 Å². The lowest BCUT2D eigenvalue weighted by molar-refractivity contribution is 0.0946. The summed E-state index contributed by atoms with van der Waals surface area (Å²) in [6, 6.07) is 12.7. The fourth-order valence-electron chi connectivity index (χ4n) is 2.57. The second-order valence-electron chi connectivity index (χ2n) is 5.83. The normalized spacial score (nSPS) is 20.9. The van der Waals surface area contributed by atoms with Crippen LogP contribution in [0.2, 0.25) is 0 Å². The molecule has 0 bridgehead atoms. The first-order valence-electron chi connectivity index (χ1n) is 7.19. The lowest BCUT2D eigenvalue weighted by Crippen LogP contribution is -2.26. The number of carbonyl (C=O) groups is 1. The monoisotopic (exact) mass is 268 g/mol. The largest absolute Gasteiger partial charge is 0.357 e. The van der Waals surface area contributed by atoms with Crippen LogP contribution in [-0.4, -0.2) is 16.9 Å². The second kappa shape index (κ2) is 5.16. The van der Waals surface area contributed by atoms with Crippen LogP contribution in [0, 0.1) is 0 Å². The molecule has 2 atom stereocenters. The van der Waals surface area contributed by atoms with E-state index in [-0.39, 0.29) is 11.9 Å². The molecule has 1 aliphatic rings. The molecule has 1 heterocycles. The molecule has 1 aliphatic carbocycles. The van der Waals surface area contributed by atoms with Gasteiger partial charge < -0.3 is 10.3 Å².